The zero-order chi connectivity index (χ0) is 11.7. The number of aromatic nitrogens is 1. The lowest BCUT2D eigenvalue weighted by molar-refractivity contribution is 0.0607. The van der Waals surface area contributed by atoms with E-state index in [-0.39, 0.29) is 0 Å². The van der Waals surface area contributed by atoms with Crippen LogP contribution in [-0.4, -0.2) is 18.1 Å². The van der Waals surface area contributed by atoms with Gasteiger partial charge in [0.2, 0.25) is 0 Å². The minimum atomic E-state index is -0.404. The third-order valence-corrected chi connectivity index (χ3v) is 3.52. The van der Waals surface area contributed by atoms with Gasteiger partial charge in [-0.05, 0) is 18.1 Å². The number of nitrogens with zero attached hydrogens (tertiary/aromatic N) is 1. The number of thiophene rings is 1. The Hall–Kier alpha value is -1.62. The number of hydrogen-bond acceptors (Lipinski definition) is 5. The number of carbonyl (C=O) groups is 1. The lowest BCUT2D eigenvalue weighted by Crippen LogP contribution is -2.01. The van der Waals surface area contributed by atoms with Crippen LogP contribution in [0, 0.1) is 0 Å². The largest absolute Gasteiger partial charge is 0.465 e. The summed E-state index contributed by atoms with van der Waals surface area (Å²) in [6, 6.07) is 2.01. The van der Waals surface area contributed by atoms with Gasteiger partial charge in [0.1, 0.15) is 10.4 Å². The zero-order valence-corrected chi connectivity index (χ0v) is 9.93. The Bertz CT molecular complexity index is 548. The Morgan fingerprint density at radius 3 is 3.00 bits per heavy atom. The predicted octanol–water partition coefficient (Wildman–Crippen LogP) is 2.23. The normalized spacial score (nSPS) is 10.6. The van der Waals surface area contributed by atoms with E-state index in [9.17, 15) is 4.79 Å². The molecule has 4 nitrogen and oxygen atoms in total. The summed E-state index contributed by atoms with van der Waals surface area (Å²) in [6.07, 6.45) is 2.70. The molecular formula is C11H12N2O2S. The molecule has 0 aliphatic heterocycles. The fourth-order valence-electron chi connectivity index (χ4n) is 1.48. The molecule has 2 N–H and O–H groups in total. The molecule has 0 saturated heterocycles. The van der Waals surface area contributed by atoms with E-state index in [1.807, 2.05) is 6.07 Å². The molecule has 0 bridgehead atoms. The maximum Gasteiger partial charge on any atom is 0.350 e. The molecule has 2 aromatic rings. The fourth-order valence-corrected chi connectivity index (χ4v) is 2.54. The standard InChI is InChI=1S/C11H12N2O2S/c1-3-6-4-7-9(13-5-6)8(12)10(16-7)11(14)15-2/h4-5H,3,12H2,1-2H3. The SMILES string of the molecule is CCc1cnc2c(N)c(C(=O)OC)sc2c1. The van der Waals surface area contributed by atoms with Crippen LogP contribution < -0.4 is 5.73 Å². The second kappa shape index (κ2) is 4.09. The van der Waals surface area contributed by atoms with Crippen molar-refractivity contribution < 1.29 is 9.53 Å². The van der Waals surface area contributed by atoms with E-state index in [1.165, 1.54) is 18.4 Å². The van der Waals surface area contributed by atoms with Crippen LogP contribution in [-0.2, 0) is 11.2 Å². The minimum Gasteiger partial charge on any atom is -0.465 e. The average Bonchev–Trinajstić information content (AvgIpc) is 2.65. The number of anilines is 1. The van der Waals surface area contributed by atoms with Gasteiger partial charge in [0.05, 0.1) is 17.5 Å². The highest BCUT2D eigenvalue weighted by molar-refractivity contribution is 7.21. The highest BCUT2D eigenvalue weighted by Crippen LogP contribution is 2.33. The summed E-state index contributed by atoms with van der Waals surface area (Å²) in [5.41, 5.74) is 8.08. The van der Waals surface area contributed by atoms with E-state index in [0.717, 1.165) is 16.7 Å². The molecule has 0 fully saturated rings. The number of hydrogen-bond donors (Lipinski definition) is 1. The van der Waals surface area contributed by atoms with Crippen molar-refractivity contribution in [2.24, 2.45) is 0 Å². The van der Waals surface area contributed by atoms with E-state index in [1.54, 1.807) is 6.20 Å². The highest BCUT2D eigenvalue weighted by Gasteiger charge is 2.17. The van der Waals surface area contributed by atoms with Gasteiger partial charge in [-0.2, -0.15) is 0 Å². The van der Waals surface area contributed by atoms with Crippen molar-refractivity contribution in [1.29, 1.82) is 0 Å². The van der Waals surface area contributed by atoms with Crippen LogP contribution in [0.2, 0.25) is 0 Å². The van der Waals surface area contributed by atoms with Crippen molar-refractivity contribution in [3.05, 3.63) is 22.7 Å². The first-order valence-electron chi connectivity index (χ1n) is 4.92. The first-order chi connectivity index (χ1) is 7.67. The lowest BCUT2D eigenvalue weighted by atomic mass is 10.2. The number of fused-ring (bicyclic) bond motifs is 1. The topological polar surface area (TPSA) is 65.2 Å². The van der Waals surface area contributed by atoms with Crippen LogP contribution in [0.5, 0.6) is 0 Å². The number of pyridine rings is 1. The molecule has 0 saturated carbocycles. The van der Waals surface area contributed by atoms with Crippen molar-refractivity contribution in [3.8, 4) is 0 Å². The van der Waals surface area contributed by atoms with E-state index in [0.29, 0.717) is 16.1 Å². The molecule has 0 aromatic carbocycles. The molecule has 0 atom stereocenters. The molecule has 0 amide bonds. The van der Waals surface area contributed by atoms with E-state index in [2.05, 4.69) is 16.6 Å². The molecule has 0 spiro atoms. The number of ether oxygens (including phenoxy) is 1. The van der Waals surface area contributed by atoms with Gasteiger partial charge in [-0.15, -0.1) is 11.3 Å². The molecule has 84 valence electrons. The van der Waals surface area contributed by atoms with Crippen LogP contribution in [0.15, 0.2) is 12.3 Å². The van der Waals surface area contributed by atoms with Crippen molar-refractivity contribution in [2.45, 2.75) is 13.3 Å². The van der Waals surface area contributed by atoms with Gasteiger partial charge < -0.3 is 10.5 Å². The smallest absolute Gasteiger partial charge is 0.350 e. The number of rotatable bonds is 2. The molecular weight excluding hydrogens is 224 g/mol. The first-order valence-corrected chi connectivity index (χ1v) is 5.74. The number of aryl methyl sites for hydroxylation is 1. The molecule has 0 radical (unpaired) electrons. The Balaban J connectivity index is 2.63. The third kappa shape index (κ3) is 1.63. The summed E-state index contributed by atoms with van der Waals surface area (Å²) in [5.74, 6) is -0.404. The minimum absolute atomic E-state index is 0.404. The van der Waals surface area contributed by atoms with Crippen molar-refractivity contribution in [2.75, 3.05) is 12.8 Å². The van der Waals surface area contributed by atoms with Gasteiger partial charge in [-0.25, -0.2) is 4.79 Å². The second-order valence-electron chi connectivity index (χ2n) is 3.38. The van der Waals surface area contributed by atoms with Crippen LogP contribution in [0.1, 0.15) is 22.2 Å². The Morgan fingerprint density at radius 1 is 1.62 bits per heavy atom. The van der Waals surface area contributed by atoms with E-state index in [4.69, 9.17) is 5.73 Å². The van der Waals surface area contributed by atoms with E-state index >= 15 is 0 Å². The number of nitrogens with two attached hydrogens (primary N) is 1. The van der Waals surface area contributed by atoms with Crippen LogP contribution in [0.4, 0.5) is 5.69 Å². The predicted molar refractivity (Wildman–Crippen MR) is 64.7 cm³/mol. The first kappa shape index (κ1) is 10.9. The second-order valence-corrected chi connectivity index (χ2v) is 4.43. The molecule has 2 aromatic heterocycles. The summed E-state index contributed by atoms with van der Waals surface area (Å²) >= 11 is 1.32. The van der Waals surface area contributed by atoms with Crippen LogP contribution in [0.25, 0.3) is 10.2 Å². The quantitative estimate of drug-likeness (QED) is 0.812. The summed E-state index contributed by atoms with van der Waals surface area (Å²) < 4.78 is 5.59. The average molecular weight is 236 g/mol. The lowest BCUT2D eigenvalue weighted by Gasteiger charge is -1.96. The van der Waals surface area contributed by atoms with Crippen molar-refractivity contribution >= 4 is 33.2 Å². The van der Waals surface area contributed by atoms with Gasteiger partial charge in [0.15, 0.2) is 0 Å². The van der Waals surface area contributed by atoms with Gasteiger partial charge in [-0.3, -0.25) is 4.98 Å². The maximum atomic E-state index is 11.4. The molecule has 0 unspecified atom stereocenters. The highest BCUT2D eigenvalue weighted by atomic mass is 32.1. The third-order valence-electron chi connectivity index (χ3n) is 2.40. The summed E-state index contributed by atoms with van der Waals surface area (Å²) in [6.45, 7) is 2.06. The molecule has 2 rings (SSSR count). The fraction of sp³-hybridized carbons (Fsp3) is 0.273. The van der Waals surface area contributed by atoms with Gasteiger partial charge in [0.25, 0.3) is 0 Å². The Labute approximate surface area is 97.0 Å². The molecule has 16 heavy (non-hydrogen) atoms. The Morgan fingerprint density at radius 2 is 2.38 bits per heavy atom. The van der Waals surface area contributed by atoms with Gasteiger partial charge in [-0.1, -0.05) is 6.92 Å². The number of esters is 1. The Kier molecular flexibility index (Phi) is 2.78. The number of methoxy groups -OCH3 is 1. The van der Waals surface area contributed by atoms with Gasteiger partial charge in [0, 0.05) is 6.20 Å². The summed E-state index contributed by atoms with van der Waals surface area (Å²) in [7, 11) is 1.34. The van der Waals surface area contributed by atoms with Gasteiger partial charge >= 0.3 is 5.97 Å². The van der Waals surface area contributed by atoms with Crippen molar-refractivity contribution in [3.63, 3.8) is 0 Å². The number of carbonyl (C=O) groups excluding carboxylic acids is 1. The summed E-state index contributed by atoms with van der Waals surface area (Å²) in [4.78, 5) is 16.1. The van der Waals surface area contributed by atoms with Crippen LogP contribution in [0.3, 0.4) is 0 Å². The molecule has 0 aliphatic carbocycles. The van der Waals surface area contributed by atoms with Crippen molar-refractivity contribution in [1.82, 2.24) is 4.98 Å². The summed E-state index contributed by atoms with van der Waals surface area (Å²) in [5, 5.41) is 0. The van der Waals surface area contributed by atoms with Crippen LogP contribution >= 0.6 is 11.3 Å². The maximum absolute atomic E-state index is 11.4. The molecule has 2 heterocycles. The molecule has 5 heteroatoms. The zero-order valence-electron chi connectivity index (χ0n) is 9.11. The van der Waals surface area contributed by atoms with E-state index < -0.39 is 5.97 Å². The molecule has 0 aliphatic rings. The monoisotopic (exact) mass is 236 g/mol. The number of nitrogen functional groups attached to an aromatic ring is 1.